The van der Waals surface area contributed by atoms with Crippen LogP contribution in [0.25, 0.3) is 11.1 Å². The second-order valence-electron chi connectivity index (χ2n) is 6.18. The number of benzene rings is 2. The lowest BCUT2D eigenvalue weighted by atomic mass is 9.80. The maximum atomic E-state index is 13.7. The van der Waals surface area contributed by atoms with Crippen molar-refractivity contribution in [2.75, 3.05) is 6.61 Å². The SMILES string of the molecule is NC1=N[C@@]2(CO1)c1ccc(F)cc1Oc1ccc(-c3cncnc3)cc12. The average Bonchev–Trinajstić information content (AvgIpc) is 3.04. The molecule has 2 aliphatic rings. The fourth-order valence-corrected chi connectivity index (χ4v) is 3.46. The van der Waals surface area contributed by atoms with Gasteiger partial charge < -0.3 is 15.2 Å². The zero-order valence-electron chi connectivity index (χ0n) is 13.5. The van der Waals surface area contributed by atoms with Gasteiger partial charge in [-0.2, -0.15) is 0 Å². The summed E-state index contributed by atoms with van der Waals surface area (Å²) in [6, 6.07) is 10.2. The molecule has 1 aromatic heterocycles. The first kappa shape index (κ1) is 14.8. The van der Waals surface area contributed by atoms with Gasteiger partial charge in [0.25, 0.3) is 6.02 Å². The summed E-state index contributed by atoms with van der Waals surface area (Å²) in [5.41, 5.74) is 8.26. The van der Waals surface area contributed by atoms with Crippen molar-refractivity contribution in [1.82, 2.24) is 9.97 Å². The minimum Gasteiger partial charge on any atom is -0.462 e. The highest BCUT2D eigenvalue weighted by atomic mass is 19.1. The number of halogens is 1. The lowest BCUT2D eigenvalue weighted by Crippen LogP contribution is -2.31. The van der Waals surface area contributed by atoms with Crippen LogP contribution in [0.2, 0.25) is 0 Å². The van der Waals surface area contributed by atoms with E-state index in [0.29, 0.717) is 17.1 Å². The van der Waals surface area contributed by atoms with Crippen molar-refractivity contribution in [3.63, 3.8) is 0 Å². The van der Waals surface area contributed by atoms with E-state index in [4.69, 9.17) is 15.2 Å². The first-order valence-corrected chi connectivity index (χ1v) is 8.02. The Morgan fingerprint density at radius 3 is 2.58 bits per heavy atom. The van der Waals surface area contributed by atoms with Gasteiger partial charge in [-0.1, -0.05) is 6.07 Å². The zero-order chi connectivity index (χ0) is 17.7. The molecule has 0 fully saturated rings. The molecule has 6 nitrogen and oxygen atoms in total. The summed E-state index contributed by atoms with van der Waals surface area (Å²) in [5, 5.41) is 0. The zero-order valence-corrected chi connectivity index (χ0v) is 13.5. The van der Waals surface area contributed by atoms with Crippen LogP contribution in [0.15, 0.2) is 60.1 Å². The molecule has 2 aromatic carbocycles. The van der Waals surface area contributed by atoms with Crippen molar-refractivity contribution in [3.8, 4) is 22.6 Å². The number of nitrogens with zero attached hydrogens (tertiary/aromatic N) is 3. The molecule has 5 rings (SSSR count). The van der Waals surface area contributed by atoms with E-state index in [9.17, 15) is 4.39 Å². The summed E-state index contributed by atoms with van der Waals surface area (Å²) in [5.74, 6) is 0.623. The quantitative estimate of drug-likeness (QED) is 0.731. The Hall–Kier alpha value is -3.48. The van der Waals surface area contributed by atoms with Crippen molar-refractivity contribution >= 4 is 6.02 Å². The first-order valence-electron chi connectivity index (χ1n) is 8.02. The Morgan fingerprint density at radius 1 is 0.962 bits per heavy atom. The monoisotopic (exact) mass is 348 g/mol. The van der Waals surface area contributed by atoms with Gasteiger partial charge >= 0.3 is 0 Å². The summed E-state index contributed by atoms with van der Waals surface area (Å²) < 4.78 is 25.1. The first-order chi connectivity index (χ1) is 12.7. The maximum absolute atomic E-state index is 13.7. The molecule has 0 saturated carbocycles. The summed E-state index contributed by atoms with van der Waals surface area (Å²) in [6.07, 6.45) is 4.95. The highest BCUT2D eigenvalue weighted by Gasteiger charge is 2.47. The van der Waals surface area contributed by atoms with Crippen LogP contribution in [0.1, 0.15) is 11.1 Å². The Kier molecular flexibility index (Phi) is 3.00. The van der Waals surface area contributed by atoms with Gasteiger partial charge in [0.2, 0.25) is 0 Å². The van der Waals surface area contributed by atoms with E-state index in [1.165, 1.54) is 18.5 Å². The van der Waals surface area contributed by atoms with E-state index in [0.717, 1.165) is 16.7 Å². The molecule has 2 aliphatic heterocycles. The predicted molar refractivity (Wildman–Crippen MR) is 92.3 cm³/mol. The van der Waals surface area contributed by atoms with E-state index < -0.39 is 5.54 Å². The van der Waals surface area contributed by atoms with E-state index in [1.54, 1.807) is 18.5 Å². The molecule has 0 aliphatic carbocycles. The molecule has 3 aromatic rings. The van der Waals surface area contributed by atoms with E-state index in [2.05, 4.69) is 15.0 Å². The number of aliphatic imine (C=N–C) groups is 1. The lowest BCUT2D eigenvalue weighted by molar-refractivity contribution is 0.264. The van der Waals surface area contributed by atoms with Crippen LogP contribution in [0.4, 0.5) is 4.39 Å². The lowest BCUT2D eigenvalue weighted by Gasteiger charge is -2.33. The Balaban J connectivity index is 1.75. The number of fused-ring (bicyclic) bond motifs is 4. The van der Waals surface area contributed by atoms with Crippen molar-refractivity contribution in [2.24, 2.45) is 10.7 Å². The molecular formula is C19H13FN4O2. The van der Waals surface area contributed by atoms with Gasteiger partial charge in [0.05, 0.1) is 0 Å². The molecule has 3 heterocycles. The third-order valence-electron chi connectivity index (χ3n) is 4.66. The third kappa shape index (κ3) is 2.07. The average molecular weight is 348 g/mol. The third-order valence-corrected chi connectivity index (χ3v) is 4.66. The summed E-state index contributed by atoms with van der Waals surface area (Å²) in [6.45, 7) is 0.225. The van der Waals surface area contributed by atoms with Gasteiger partial charge in [0, 0.05) is 35.2 Å². The predicted octanol–water partition coefficient (Wildman–Crippen LogP) is 2.98. The van der Waals surface area contributed by atoms with Crippen LogP contribution in [0.5, 0.6) is 11.5 Å². The topological polar surface area (TPSA) is 82.6 Å². The van der Waals surface area contributed by atoms with E-state index in [1.807, 2.05) is 18.2 Å². The molecule has 0 unspecified atom stereocenters. The van der Waals surface area contributed by atoms with Crippen LogP contribution in [0, 0.1) is 5.82 Å². The van der Waals surface area contributed by atoms with Gasteiger partial charge in [-0.05, 0) is 29.8 Å². The van der Waals surface area contributed by atoms with Gasteiger partial charge in [-0.3, -0.25) is 0 Å². The van der Waals surface area contributed by atoms with Crippen molar-refractivity contribution < 1.29 is 13.9 Å². The largest absolute Gasteiger partial charge is 0.462 e. The van der Waals surface area contributed by atoms with Crippen molar-refractivity contribution in [2.45, 2.75) is 5.54 Å². The molecule has 2 N–H and O–H groups in total. The van der Waals surface area contributed by atoms with Gasteiger partial charge in [0.1, 0.15) is 30.3 Å². The van der Waals surface area contributed by atoms with Crippen molar-refractivity contribution in [1.29, 1.82) is 0 Å². The maximum Gasteiger partial charge on any atom is 0.283 e. The molecular weight excluding hydrogens is 335 g/mol. The Labute approximate surface area is 148 Å². The summed E-state index contributed by atoms with van der Waals surface area (Å²) in [7, 11) is 0. The van der Waals surface area contributed by atoms with Gasteiger partial charge in [0.15, 0.2) is 5.54 Å². The second-order valence-corrected chi connectivity index (χ2v) is 6.18. The number of nitrogens with two attached hydrogens (primary N) is 1. The molecule has 0 radical (unpaired) electrons. The Bertz CT molecular complexity index is 1050. The van der Waals surface area contributed by atoms with Crippen LogP contribution < -0.4 is 10.5 Å². The molecule has 26 heavy (non-hydrogen) atoms. The molecule has 1 spiro atoms. The molecule has 128 valence electrons. The van der Waals surface area contributed by atoms with Gasteiger partial charge in [-0.15, -0.1) is 0 Å². The Morgan fingerprint density at radius 2 is 1.81 bits per heavy atom. The standard InChI is InChI=1S/C19H13FN4O2/c20-13-2-3-14-17(6-13)26-16-4-1-11(12-7-22-10-23-8-12)5-15(16)19(14)9-25-18(21)24-19/h1-8,10H,9H2,(H2,21,24)/t19-/m0/s1. The number of amidine groups is 1. The molecule has 0 saturated heterocycles. The molecule has 7 heteroatoms. The second kappa shape index (κ2) is 5.26. The highest BCUT2D eigenvalue weighted by Crippen LogP contribution is 2.51. The number of hydrogen-bond acceptors (Lipinski definition) is 6. The minimum absolute atomic E-state index is 0.0987. The van der Waals surface area contributed by atoms with Crippen LogP contribution >= 0.6 is 0 Å². The number of rotatable bonds is 1. The smallest absolute Gasteiger partial charge is 0.283 e. The van der Waals surface area contributed by atoms with Gasteiger partial charge in [-0.25, -0.2) is 19.4 Å². The van der Waals surface area contributed by atoms with Crippen LogP contribution in [-0.2, 0) is 10.3 Å². The normalized spacial score (nSPS) is 20.0. The fraction of sp³-hybridized carbons (Fsp3) is 0.105. The fourth-order valence-electron chi connectivity index (χ4n) is 3.46. The molecule has 0 bridgehead atoms. The van der Waals surface area contributed by atoms with Crippen LogP contribution in [0.3, 0.4) is 0 Å². The highest BCUT2D eigenvalue weighted by molar-refractivity contribution is 5.77. The van der Waals surface area contributed by atoms with E-state index in [-0.39, 0.29) is 18.4 Å². The summed E-state index contributed by atoms with van der Waals surface area (Å²) >= 11 is 0. The summed E-state index contributed by atoms with van der Waals surface area (Å²) in [4.78, 5) is 12.7. The van der Waals surface area contributed by atoms with Crippen molar-refractivity contribution in [3.05, 3.63) is 72.1 Å². The number of aromatic nitrogens is 2. The number of hydrogen-bond donors (Lipinski definition) is 1. The number of ether oxygens (including phenoxy) is 2. The van der Waals surface area contributed by atoms with E-state index >= 15 is 0 Å². The minimum atomic E-state index is -0.869. The molecule has 1 atom stereocenters. The van der Waals surface area contributed by atoms with Crippen LogP contribution in [-0.4, -0.2) is 22.6 Å². The molecule has 0 amide bonds.